The van der Waals surface area contributed by atoms with E-state index in [1.807, 2.05) is 0 Å². The molecule has 0 aromatic carbocycles. The zero-order valence-electron chi connectivity index (χ0n) is 7.27. The molecule has 0 atom stereocenters. The lowest BCUT2D eigenvalue weighted by molar-refractivity contribution is -0.134. The van der Waals surface area contributed by atoms with Gasteiger partial charge in [-0.05, 0) is 11.6 Å². The van der Waals surface area contributed by atoms with Crippen molar-refractivity contribution in [2.75, 3.05) is 11.9 Å². The van der Waals surface area contributed by atoms with Gasteiger partial charge in [-0.1, -0.05) is 11.3 Å². The van der Waals surface area contributed by atoms with Crippen molar-refractivity contribution < 1.29 is 9.90 Å². The number of carboxylic acid groups (broad SMARTS) is 1. The molecule has 2 aromatic heterocycles. The molecule has 78 valence electrons. The van der Waals surface area contributed by atoms with Crippen molar-refractivity contribution in [2.45, 2.75) is 0 Å². The highest BCUT2D eigenvalue weighted by Gasteiger charge is 2.06. The average molecular weight is 245 g/mol. The molecule has 2 heterocycles. The summed E-state index contributed by atoms with van der Waals surface area (Å²) in [5, 5.41) is 11.7. The predicted octanol–water partition coefficient (Wildman–Crippen LogP) is 1.24. The van der Waals surface area contributed by atoms with E-state index in [4.69, 9.17) is 16.7 Å². The van der Waals surface area contributed by atoms with E-state index in [1.165, 1.54) is 17.5 Å². The molecule has 0 aliphatic carbocycles. The van der Waals surface area contributed by atoms with E-state index < -0.39 is 5.97 Å². The number of carboxylic acids is 1. The summed E-state index contributed by atoms with van der Waals surface area (Å²) in [6.07, 6.45) is 1.49. The normalized spacial score (nSPS) is 10.5. The molecule has 0 aliphatic heterocycles. The zero-order chi connectivity index (χ0) is 10.8. The van der Waals surface area contributed by atoms with Crippen LogP contribution >= 0.6 is 22.9 Å². The van der Waals surface area contributed by atoms with Gasteiger partial charge in [-0.15, -0.1) is 0 Å². The van der Waals surface area contributed by atoms with Crippen LogP contribution in [-0.4, -0.2) is 32.6 Å². The molecular formula is C7H5ClN4O2S. The van der Waals surface area contributed by atoms with Crippen molar-refractivity contribution >= 4 is 44.4 Å². The summed E-state index contributed by atoms with van der Waals surface area (Å²) in [5.41, 5.74) is 0.595. The van der Waals surface area contributed by atoms with Gasteiger partial charge >= 0.3 is 5.97 Å². The number of hydrogen-bond donors (Lipinski definition) is 2. The number of halogens is 1. The van der Waals surface area contributed by atoms with Crippen LogP contribution in [0.3, 0.4) is 0 Å². The maximum Gasteiger partial charge on any atom is 0.322 e. The standard InChI is InChI=1S/C7H5ClN4O2S/c8-6-9-1-3-5(12-6)15-7(11-3)10-2-4(13)14/h1H,2H2,(H,10,11)(H,13,14). The number of thiazole rings is 1. The van der Waals surface area contributed by atoms with E-state index in [1.54, 1.807) is 0 Å². The highest BCUT2D eigenvalue weighted by Crippen LogP contribution is 2.23. The summed E-state index contributed by atoms with van der Waals surface area (Å²) in [6.45, 7) is -0.180. The number of nitrogens with one attached hydrogen (secondary N) is 1. The zero-order valence-corrected chi connectivity index (χ0v) is 8.84. The smallest absolute Gasteiger partial charge is 0.322 e. The monoisotopic (exact) mass is 244 g/mol. The van der Waals surface area contributed by atoms with Crippen LogP contribution < -0.4 is 5.32 Å². The molecule has 0 bridgehead atoms. The topological polar surface area (TPSA) is 88.0 Å². The number of rotatable bonds is 3. The Balaban J connectivity index is 2.27. The van der Waals surface area contributed by atoms with Gasteiger partial charge in [0.25, 0.3) is 0 Å². The maximum absolute atomic E-state index is 10.3. The molecule has 15 heavy (non-hydrogen) atoms. The molecule has 0 spiro atoms. The van der Waals surface area contributed by atoms with Gasteiger partial charge in [-0.2, -0.15) is 0 Å². The number of fused-ring (bicyclic) bond motifs is 1. The number of carbonyl (C=O) groups is 1. The average Bonchev–Trinajstić information content (AvgIpc) is 2.56. The molecule has 6 nitrogen and oxygen atoms in total. The first-order valence-corrected chi connectivity index (χ1v) is 5.09. The lowest BCUT2D eigenvalue weighted by atomic mass is 10.6. The van der Waals surface area contributed by atoms with Crippen molar-refractivity contribution in [1.82, 2.24) is 15.0 Å². The Kier molecular flexibility index (Phi) is 2.65. The summed E-state index contributed by atoms with van der Waals surface area (Å²) >= 11 is 6.83. The largest absolute Gasteiger partial charge is 0.480 e. The second kappa shape index (κ2) is 3.95. The van der Waals surface area contributed by atoms with Crippen LogP contribution in [0.15, 0.2) is 6.20 Å². The minimum Gasteiger partial charge on any atom is -0.480 e. The maximum atomic E-state index is 10.3. The summed E-state index contributed by atoms with van der Waals surface area (Å²) in [6, 6.07) is 0. The molecule has 2 rings (SSSR count). The van der Waals surface area contributed by atoms with Crippen molar-refractivity contribution in [1.29, 1.82) is 0 Å². The summed E-state index contributed by atoms with van der Waals surface area (Å²) < 4.78 is 0. The van der Waals surface area contributed by atoms with Crippen molar-refractivity contribution in [3.63, 3.8) is 0 Å². The summed E-state index contributed by atoms with van der Waals surface area (Å²) in [4.78, 5) is 22.7. The minimum absolute atomic E-state index is 0.149. The van der Waals surface area contributed by atoms with Gasteiger partial charge in [0.1, 0.15) is 16.9 Å². The van der Waals surface area contributed by atoms with Gasteiger partial charge in [0.2, 0.25) is 5.28 Å². The quantitative estimate of drug-likeness (QED) is 0.790. The van der Waals surface area contributed by atoms with E-state index in [-0.39, 0.29) is 11.8 Å². The number of nitrogens with zero attached hydrogens (tertiary/aromatic N) is 3. The lowest BCUT2D eigenvalue weighted by Gasteiger charge is -1.94. The summed E-state index contributed by atoms with van der Waals surface area (Å²) in [7, 11) is 0. The van der Waals surface area contributed by atoms with Crippen LogP contribution in [0.1, 0.15) is 0 Å². The highest BCUT2D eigenvalue weighted by molar-refractivity contribution is 7.21. The fourth-order valence-corrected chi connectivity index (χ4v) is 1.93. The molecule has 0 unspecified atom stereocenters. The van der Waals surface area contributed by atoms with Gasteiger partial charge < -0.3 is 10.4 Å². The Morgan fingerprint density at radius 3 is 3.13 bits per heavy atom. The van der Waals surface area contributed by atoms with E-state index in [2.05, 4.69) is 20.3 Å². The van der Waals surface area contributed by atoms with Crippen LogP contribution in [0.4, 0.5) is 5.13 Å². The van der Waals surface area contributed by atoms with Crippen molar-refractivity contribution in [2.24, 2.45) is 0 Å². The molecule has 8 heteroatoms. The van der Waals surface area contributed by atoms with E-state index in [0.29, 0.717) is 15.5 Å². The van der Waals surface area contributed by atoms with Crippen LogP contribution in [0.5, 0.6) is 0 Å². The van der Waals surface area contributed by atoms with Crippen molar-refractivity contribution in [3.05, 3.63) is 11.5 Å². The number of hydrogen-bond acceptors (Lipinski definition) is 6. The summed E-state index contributed by atoms with van der Waals surface area (Å²) in [5.74, 6) is -0.946. The number of anilines is 1. The number of aliphatic carboxylic acids is 1. The first kappa shape index (κ1) is 10.1. The molecule has 2 aromatic rings. The van der Waals surface area contributed by atoms with Crippen molar-refractivity contribution in [3.8, 4) is 0 Å². The SMILES string of the molecule is O=C(O)CNc1nc2cnc(Cl)nc2s1. The Morgan fingerprint density at radius 2 is 2.40 bits per heavy atom. The second-order valence-corrected chi connectivity index (χ2v) is 3.91. The molecule has 0 radical (unpaired) electrons. The minimum atomic E-state index is -0.946. The molecule has 0 aliphatic rings. The third kappa shape index (κ3) is 2.31. The fraction of sp³-hybridized carbons (Fsp3) is 0.143. The molecule has 2 N–H and O–H groups in total. The molecule has 0 fully saturated rings. The third-order valence-electron chi connectivity index (χ3n) is 1.51. The van der Waals surface area contributed by atoms with E-state index in [9.17, 15) is 4.79 Å². The van der Waals surface area contributed by atoms with Crippen LogP contribution in [0, 0.1) is 0 Å². The van der Waals surface area contributed by atoms with Crippen LogP contribution in [0.2, 0.25) is 5.28 Å². The fourth-order valence-electron chi connectivity index (χ4n) is 0.942. The van der Waals surface area contributed by atoms with Crippen LogP contribution in [-0.2, 0) is 4.79 Å². The molecular weight excluding hydrogens is 240 g/mol. The third-order valence-corrected chi connectivity index (χ3v) is 2.62. The van der Waals surface area contributed by atoms with E-state index in [0.717, 1.165) is 0 Å². The molecule has 0 saturated heterocycles. The Morgan fingerprint density at radius 1 is 1.60 bits per heavy atom. The van der Waals surface area contributed by atoms with Gasteiger partial charge in [0.05, 0.1) is 6.20 Å². The van der Waals surface area contributed by atoms with E-state index >= 15 is 0 Å². The molecule has 0 amide bonds. The first-order valence-electron chi connectivity index (χ1n) is 3.90. The van der Waals surface area contributed by atoms with Gasteiger partial charge in [0, 0.05) is 0 Å². The number of aromatic nitrogens is 3. The predicted molar refractivity (Wildman–Crippen MR) is 56.3 cm³/mol. The lowest BCUT2D eigenvalue weighted by Crippen LogP contribution is -2.11. The Bertz CT molecular complexity index is 515. The first-order chi connectivity index (χ1) is 7.15. The second-order valence-electron chi connectivity index (χ2n) is 2.60. The molecule has 0 saturated carbocycles. The van der Waals surface area contributed by atoms with Gasteiger partial charge in [0.15, 0.2) is 5.13 Å². The Labute approximate surface area is 93.0 Å². The van der Waals surface area contributed by atoms with Gasteiger partial charge in [-0.25, -0.2) is 15.0 Å². The Hall–Kier alpha value is -1.47. The van der Waals surface area contributed by atoms with Gasteiger partial charge in [-0.3, -0.25) is 4.79 Å². The van der Waals surface area contributed by atoms with Crippen LogP contribution in [0.25, 0.3) is 10.3 Å². The highest BCUT2D eigenvalue weighted by atomic mass is 35.5.